The summed E-state index contributed by atoms with van der Waals surface area (Å²) in [5.41, 5.74) is 6.60. The minimum atomic E-state index is -0.963. The van der Waals surface area contributed by atoms with Gasteiger partial charge in [-0.15, -0.1) is 0 Å². The summed E-state index contributed by atoms with van der Waals surface area (Å²) in [7, 11) is 0. The SMILES string of the molecule is CCOC(=O)c1c(N)n(CCCOC(=O)c2cc([N+](=O)[O-])cc([N+](=O)[O-])c2)c2nc3ccccc3nc12. The van der Waals surface area contributed by atoms with Gasteiger partial charge in [-0.05, 0) is 25.5 Å². The lowest BCUT2D eigenvalue weighted by molar-refractivity contribution is -0.394. The van der Waals surface area contributed by atoms with E-state index in [0.717, 1.165) is 18.2 Å². The number of fused-ring (bicyclic) bond motifs is 2. The summed E-state index contributed by atoms with van der Waals surface area (Å²) >= 11 is 0. The molecule has 2 aromatic carbocycles. The number of hydrogen-bond donors (Lipinski definition) is 1. The van der Waals surface area contributed by atoms with E-state index in [1.807, 2.05) is 0 Å². The van der Waals surface area contributed by atoms with E-state index in [0.29, 0.717) is 16.7 Å². The van der Waals surface area contributed by atoms with Crippen LogP contribution in [0.15, 0.2) is 42.5 Å². The van der Waals surface area contributed by atoms with Gasteiger partial charge in [-0.2, -0.15) is 0 Å². The van der Waals surface area contributed by atoms with Crippen molar-refractivity contribution in [2.75, 3.05) is 18.9 Å². The zero-order chi connectivity index (χ0) is 26.7. The number of aromatic nitrogens is 3. The number of nitro benzene ring substituents is 2. The van der Waals surface area contributed by atoms with Crippen LogP contribution in [0.4, 0.5) is 17.2 Å². The van der Waals surface area contributed by atoms with Crippen molar-refractivity contribution >= 4 is 51.3 Å². The minimum absolute atomic E-state index is 0.0796. The number of nitro groups is 2. The van der Waals surface area contributed by atoms with Gasteiger partial charge in [0.1, 0.15) is 16.9 Å². The molecule has 0 aliphatic heterocycles. The van der Waals surface area contributed by atoms with Gasteiger partial charge in [-0.3, -0.25) is 20.2 Å². The highest BCUT2D eigenvalue weighted by Crippen LogP contribution is 2.29. The average Bonchev–Trinajstić information content (AvgIpc) is 3.14. The largest absolute Gasteiger partial charge is 0.462 e. The summed E-state index contributed by atoms with van der Waals surface area (Å²) in [4.78, 5) is 54.6. The molecule has 2 heterocycles. The van der Waals surface area contributed by atoms with Crippen LogP contribution in [0.3, 0.4) is 0 Å². The summed E-state index contributed by atoms with van der Waals surface area (Å²) in [5.74, 6) is -1.52. The predicted molar refractivity (Wildman–Crippen MR) is 130 cm³/mol. The molecule has 0 aliphatic rings. The molecule has 0 fully saturated rings. The lowest BCUT2D eigenvalue weighted by atomic mass is 10.2. The van der Waals surface area contributed by atoms with Gasteiger partial charge in [0.25, 0.3) is 11.4 Å². The first-order valence-corrected chi connectivity index (χ1v) is 11.0. The summed E-state index contributed by atoms with van der Waals surface area (Å²) in [6.45, 7) is 1.83. The van der Waals surface area contributed by atoms with Crippen LogP contribution in [0, 0.1) is 20.2 Å². The fraction of sp³-hybridized carbons (Fsp3) is 0.217. The van der Waals surface area contributed by atoms with Gasteiger partial charge < -0.3 is 19.8 Å². The monoisotopic (exact) mass is 508 g/mol. The molecule has 2 N–H and O–H groups in total. The van der Waals surface area contributed by atoms with Gasteiger partial charge in [0.05, 0.1) is 45.7 Å². The molecule has 0 radical (unpaired) electrons. The zero-order valence-corrected chi connectivity index (χ0v) is 19.4. The molecule has 4 aromatic rings. The van der Waals surface area contributed by atoms with E-state index in [1.54, 1.807) is 35.8 Å². The Labute approximate surface area is 207 Å². The molecular formula is C23H20N6O8. The molecule has 0 saturated carbocycles. The van der Waals surface area contributed by atoms with Crippen LogP contribution >= 0.6 is 0 Å². The maximum atomic E-state index is 12.6. The molecule has 4 rings (SSSR count). The molecule has 0 bridgehead atoms. The third-order valence-corrected chi connectivity index (χ3v) is 5.39. The van der Waals surface area contributed by atoms with Crippen LogP contribution in [-0.4, -0.2) is 49.5 Å². The quantitative estimate of drug-likeness (QED) is 0.150. The van der Waals surface area contributed by atoms with Crippen molar-refractivity contribution in [1.82, 2.24) is 14.5 Å². The van der Waals surface area contributed by atoms with Crippen molar-refractivity contribution in [2.45, 2.75) is 19.9 Å². The van der Waals surface area contributed by atoms with Crippen LogP contribution in [0.2, 0.25) is 0 Å². The van der Waals surface area contributed by atoms with E-state index in [-0.39, 0.29) is 48.6 Å². The Hall–Kier alpha value is -5.14. The second kappa shape index (κ2) is 10.2. The topological polar surface area (TPSA) is 196 Å². The molecule has 37 heavy (non-hydrogen) atoms. The number of para-hydroxylation sites is 2. The molecule has 14 heteroatoms. The Morgan fingerprint density at radius 2 is 1.59 bits per heavy atom. The van der Waals surface area contributed by atoms with Crippen LogP contribution < -0.4 is 5.73 Å². The van der Waals surface area contributed by atoms with Gasteiger partial charge in [0, 0.05) is 18.7 Å². The third kappa shape index (κ3) is 4.98. The highest BCUT2D eigenvalue weighted by atomic mass is 16.6. The standard InChI is InChI=1S/C23H20N6O8/c1-2-36-23(31)18-19-21(26-17-7-4-3-6-16(17)25-19)27(20(18)24)8-5-9-37-22(30)13-10-14(28(32)33)12-15(11-13)29(34)35/h3-4,6-7,10-12H,2,5,8-9,24H2,1H3. The number of nitrogens with zero attached hydrogens (tertiary/aromatic N) is 5. The van der Waals surface area contributed by atoms with E-state index in [1.165, 1.54) is 0 Å². The normalized spacial score (nSPS) is 10.9. The van der Waals surface area contributed by atoms with Gasteiger partial charge in [0.15, 0.2) is 5.65 Å². The third-order valence-electron chi connectivity index (χ3n) is 5.39. The summed E-state index contributed by atoms with van der Waals surface area (Å²) < 4.78 is 11.9. The molecule has 0 amide bonds. The first-order valence-electron chi connectivity index (χ1n) is 11.0. The predicted octanol–water partition coefficient (Wildman–Crippen LogP) is 3.41. The number of rotatable bonds is 9. The Bertz CT molecular complexity index is 1530. The Morgan fingerprint density at radius 1 is 0.973 bits per heavy atom. The number of aryl methyl sites for hydroxylation is 1. The fourth-order valence-electron chi connectivity index (χ4n) is 3.74. The number of anilines is 1. The molecule has 0 unspecified atom stereocenters. The number of nitrogen functional groups attached to an aromatic ring is 1. The molecular weight excluding hydrogens is 488 g/mol. The lowest BCUT2D eigenvalue weighted by Gasteiger charge is -2.09. The maximum absolute atomic E-state index is 12.6. The van der Waals surface area contributed by atoms with E-state index < -0.39 is 33.2 Å². The number of esters is 2. The molecule has 2 aromatic heterocycles. The van der Waals surface area contributed by atoms with E-state index in [4.69, 9.17) is 15.2 Å². The van der Waals surface area contributed by atoms with Crippen molar-refractivity contribution in [3.8, 4) is 0 Å². The number of non-ortho nitro benzene ring substituents is 2. The number of hydrogen-bond acceptors (Lipinski definition) is 11. The average molecular weight is 508 g/mol. The van der Waals surface area contributed by atoms with Crippen LogP contribution in [-0.2, 0) is 16.0 Å². The molecule has 0 aliphatic carbocycles. The number of benzene rings is 2. The molecule has 14 nitrogen and oxygen atoms in total. The van der Waals surface area contributed by atoms with Gasteiger partial charge >= 0.3 is 11.9 Å². The van der Waals surface area contributed by atoms with Gasteiger partial charge in [0.2, 0.25) is 0 Å². The summed E-state index contributed by atoms with van der Waals surface area (Å²) in [6.07, 6.45) is 0.216. The molecule has 190 valence electrons. The fourth-order valence-corrected chi connectivity index (χ4v) is 3.74. The van der Waals surface area contributed by atoms with Crippen molar-refractivity contribution in [1.29, 1.82) is 0 Å². The van der Waals surface area contributed by atoms with Crippen molar-refractivity contribution < 1.29 is 28.9 Å². The van der Waals surface area contributed by atoms with Crippen molar-refractivity contribution in [3.05, 3.63) is 73.8 Å². The highest BCUT2D eigenvalue weighted by molar-refractivity contribution is 6.08. The molecule has 0 atom stereocenters. The van der Waals surface area contributed by atoms with Crippen LogP contribution in [0.25, 0.3) is 22.2 Å². The van der Waals surface area contributed by atoms with E-state index in [2.05, 4.69) is 9.97 Å². The highest BCUT2D eigenvalue weighted by Gasteiger charge is 2.25. The Kier molecular flexibility index (Phi) is 6.90. The second-order valence-electron chi connectivity index (χ2n) is 7.76. The summed E-state index contributed by atoms with van der Waals surface area (Å²) in [5, 5.41) is 22.1. The molecule has 0 spiro atoms. The number of nitrogens with two attached hydrogens (primary N) is 1. The first-order chi connectivity index (χ1) is 17.7. The van der Waals surface area contributed by atoms with Gasteiger partial charge in [-0.25, -0.2) is 19.6 Å². The van der Waals surface area contributed by atoms with Gasteiger partial charge in [-0.1, -0.05) is 12.1 Å². The number of carbonyl (C=O) groups is 2. The molecule has 0 saturated heterocycles. The Balaban J connectivity index is 1.56. The Morgan fingerprint density at radius 3 is 2.19 bits per heavy atom. The lowest BCUT2D eigenvalue weighted by Crippen LogP contribution is -2.12. The zero-order valence-electron chi connectivity index (χ0n) is 19.4. The first kappa shape index (κ1) is 25.0. The van der Waals surface area contributed by atoms with Crippen LogP contribution in [0.5, 0.6) is 0 Å². The summed E-state index contributed by atoms with van der Waals surface area (Å²) in [6, 6.07) is 9.66. The second-order valence-corrected chi connectivity index (χ2v) is 7.76. The number of ether oxygens (including phenoxy) is 2. The maximum Gasteiger partial charge on any atom is 0.344 e. The minimum Gasteiger partial charge on any atom is -0.462 e. The van der Waals surface area contributed by atoms with E-state index >= 15 is 0 Å². The van der Waals surface area contributed by atoms with Crippen LogP contribution in [0.1, 0.15) is 34.1 Å². The van der Waals surface area contributed by atoms with Crippen molar-refractivity contribution in [3.63, 3.8) is 0 Å². The smallest absolute Gasteiger partial charge is 0.344 e. The van der Waals surface area contributed by atoms with Crippen molar-refractivity contribution in [2.24, 2.45) is 0 Å². The number of carbonyl (C=O) groups excluding carboxylic acids is 2. The van der Waals surface area contributed by atoms with E-state index in [9.17, 15) is 29.8 Å².